The molecule has 0 bridgehead atoms. The summed E-state index contributed by atoms with van der Waals surface area (Å²) in [4.78, 5) is 2.21. The fourth-order valence-electron chi connectivity index (χ4n) is 2.92. The Bertz CT molecular complexity index is 377. The second-order valence-corrected chi connectivity index (χ2v) is 6.00. The minimum atomic E-state index is -0.256. The molecule has 0 saturated carbocycles. The largest absolute Gasteiger partial charge is 0.324 e. The molecule has 0 fully saturated rings. The van der Waals surface area contributed by atoms with E-state index in [4.69, 9.17) is 5.73 Å². The highest BCUT2D eigenvalue weighted by Gasteiger charge is 2.30. The van der Waals surface area contributed by atoms with Crippen molar-refractivity contribution in [3.63, 3.8) is 0 Å². The first-order chi connectivity index (χ1) is 7.64. The zero-order valence-electron chi connectivity index (χ0n) is 12.3. The lowest BCUT2D eigenvalue weighted by Crippen LogP contribution is -2.46. The molecule has 0 aliphatic rings. The van der Waals surface area contributed by atoms with Gasteiger partial charge in [0.1, 0.15) is 0 Å². The molecule has 1 aromatic rings. The summed E-state index contributed by atoms with van der Waals surface area (Å²) in [6, 6.07) is 4.72. The average Bonchev–Trinajstić information content (AvgIpc) is 2.07. The van der Waals surface area contributed by atoms with E-state index in [1.54, 1.807) is 0 Å². The molecule has 1 unspecified atom stereocenters. The maximum absolute atomic E-state index is 6.35. The Morgan fingerprint density at radius 1 is 1.06 bits per heavy atom. The van der Waals surface area contributed by atoms with Crippen molar-refractivity contribution in [2.45, 2.75) is 46.2 Å². The van der Waals surface area contributed by atoms with Gasteiger partial charge in [0, 0.05) is 5.54 Å². The third-order valence-electron chi connectivity index (χ3n) is 3.23. The van der Waals surface area contributed by atoms with Gasteiger partial charge in [-0.05, 0) is 65.4 Å². The van der Waals surface area contributed by atoms with Gasteiger partial charge >= 0.3 is 0 Å². The van der Waals surface area contributed by atoms with Crippen LogP contribution in [0.15, 0.2) is 12.1 Å². The molecule has 2 heteroatoms. The molecule has 1 rings (SSSR count). The van der Waals surface area contributed by atoms with Crippen LogP contribution in [-0.2, 0) is 0 Å². The number of rotatable bonds is 3. The van der Waals surface area contributed by atoms with Crippen molar-refractivity contribution in [2.75, 3.05) is 14.1 Å². The lowest BCUT2D eigenvalue weighted by atomic mass is 9.83. The molecule has 0 heterocycles. The second-order valence-electron chi connectivity index (χ2n) is 6.00. The molecule has 1 atom stereocenters. The summed E-state index contributed by atoms with van der Waals surface area (Å²) < 4.78 is 0. The molecular weight excluding hydrogens is 208 g/mol. The topological polar surface area (TPSA) is 29.3 Å². The molecule has 1 aromatic carbocycles. The Balaban J connectivity index is 3.39. The summed E-state index contributed by atoms with van der Waals surface area (Å²) >= 11 is 0. The minimum absolute atomic E-state index is 0.239. The third kappa shape index (κ3) is 3.08. The summed E-state index contributed by atoms with van der Waals surface area (Å²) in [5.74, 6) is 0. The van der Waals surface area contributed by atoms with E-state index in [1.165, 1.54) is 22.3 Å². The molecule has 2 N–H and O–H groups in total. The summed E-state index contributed by atoms with van der Waals surface area (Å²) in [5.41, 5.74) is 11.4. The van der Waals surface area contributed by atoms with E-state index in [-0.39, 0.29) is 11.6 Å². The van der Waals surface area contributed by atoms with Crippen molar-refractivity contribution in [2.24, 2.45) is 5.73 Å². The van der Waals surface area contributed by atoms with Gasteiger partial charge in [-0.15, -0.1) is 0 Å². The highest BCUT2D eigenvalue weighted by Crippen LogP contribution is 2.33. The summed E-state index contributed by atoms with van der Waals surface area (Å²) in [7, 11) is 4.19. The fourth-order valence-corrected chi connectivity index (χ4v) is 2.92. The third-order valence-corrected chi connectivity index (χ3v) is 3.23. The molecule has 0 saturated heterocycles. The quantitative estimate of drug-likeness (QED) is 0.871. The number of hydrogen-bond donors (Lipinski definition) is 1. The fraction of sp³-hybridized carbons (Fsp3) is 0.600. The van der Waals surface area contributed by atoms with Crippen LogP contribution in [0.3, 0.4) is 0 Å². The normalized spacial score (nSPS) is 14.2. The van der Waals surface area contributed by atoms with Gasteiger partial charge in [0.2, 0.25) is 0 Å². The van der Waals surface area contributed by atoms with Crippen molar-refractivity contribution >= 4 is 0 Å². The van der Waals surface area contributed by atoms with Gasteiger partial charge < -0.3 is 10.6 Å². The van der Waals surface area contributed by atoms with Crippen molar-refractivity contribution in [1.29, 1.82) is 0 Å². The van der Waals surface area contributed by atoms with Gasteiger partial charge in [-0.3, -0.25) is 0 Å². The van der Waals surface area contributed by atoms with E-state index in [9.17, 15) is 0 Å². The highest BCUT2D eigenvalue weighted by atomic mass is 15.1. The maximum atomic E-state index is 6.35. The molecule has 0 radical (unpaired) electrons. The molecule has 0 aliphatic heterocycles. The monoisotopic (exact) mass is 234 g/mol. The summed E-state index contributed by atoms with van der Waals surface area (Å²) in [6.07, 6.45) is 0. The SMILES string of the molecule is Cc1cc(C)c(C(N(C)C)C(C)(C)N)c(C)c1. The minimum Gasteiger partial charge on any atom is -0.324 e. The van der Waals surface area contributed by atoms with Crippen molar-refractivity contribution < 1.29 is 0 Å². The number of aryl methyl sites for hydroxylation is 3. The van der Waals surface area contributed by atoms with Crippen LogP contribution < -0.4 is 5.73 Å². The van der Waals surface area contributed by atoms with Crippen LogP contribution in [0, 0.1) is 20.8 Å². The number of nitrogens with zero attached hydrogens (tertiary/aromatic N) is 1. The van der Waals surface area contributed by atoms with E-state index < -0.39 is 0 Å². The first-order valence-corrected chi connectivity index (χ1v) is 6.17. The van der Waals surface area contributed by atoms with Gasteiger partial charge in [-0.2, -0.15) is 0 Å². The molecule has 96 valence electrons. The van der Waals surface area contributed by atoms with Gasteiger partial charge in [0.15, 0.2) is 0 Å². The van der Waals surface area contributed by atoms with Gasteiger partial charge in [-0.25, -0.2) is 0 Å². The Labute approximate surface area is 106 Å². The van der Waals surface area contributed by atoms with E-state index in [0.717, 1.165) is 0 Å². The van der Waals surface area contributed by atoms with Crippen LogP contribution in [-0.4, -0.2) is 24.5 Å². The number of hydrogen-bond acceptors (Lipinski definition) is 2. The number of nitrogens with two attached hydrogens (primary N) is 1. The van der Waals surface area contributed by atoms with Crippen molar-refractivity contribution in [3.05, 3.63) is 34.4 Å². The first kappa shape index (κ1) is 14.2. The molecule has 0 amide bonds. The average molecular weight is 234 g/mol. The zero-order chi connectivity index (χ0) is 13.4. The predicted octanol–water partition coefficient (Wildman–Crippen LogP) is 2.95. The highest BCUT2D eigenvalue weighted by molar-refractivity contribution is 5.41. The first-order valence-electron chi connectivity index (χ1n) is 6.17. The molecule has 0 spiro atoms. The number of benzene rings is 1. The van der Waals surface area contributed by atoms with Crippen molar-refractivity contribution in [3.8, 4) is 0 Å². The molecule has 0 aromatic heterocycles. The van der Waals surface area contributed by atoms with Crippen LogP contribution in [0.5, 0.6) is 0 Å². The Kier molecular flexibility index (Phi) is 4.00. The Morgan fingerprint density at radius 3 is 1.76 bits per heavy atom. The summed E-state index contributed by atoms with van der Waals surface area (Å²) in [5, 5.41) is 0. The van der Waals surface area contributed by atoms with Gasteiger partial charge in [0.25, 0.3) is 0 Å². The van der Waals surface area contributed by atoms with E-state index >= 15 is 0 Å². The molecule has 2 nitrogen and oxygen atoms in total. The molecule has 0 aliphatic carbocycles. The van der Waals surface area contributed by atoms with Crippen LogP contribution >= 0.6 is 0 Å². The van der Waals surface area contributed by atoms with Gasteiger partial charge in [0.05, 0.1) is 6.04 Å². The van der Waals surface area contributed by atoms with Crippen LogP contribution in [0.4, 0.5) is 0 Å². The van der Waals surface area contributed by atoms with Crippen LogP contribution in [0.25, 0.3) is 0 Å². The number of likely N-dealkylation sites (N-methyl/N-ethyl adjacent to an activating group) is 1. The molecular formula is C15H26N2. The lowest BCUT2D eigenvalue weighted by molar-refractivity contribution is 0.203. The summed E-state index contributed by atoms with van der Waals surface area (Å²) in [6.45, 7) is 10.7. The van der Waals surface area contributed by atoms with E-state index in [1.807, 2.05) is 0 Å². The van der Waals surface area contributed by atoms with Gasteiger partial charge in [-0.1, -0.05) is 17.7 Å². The second kappa shape index (κ2) is 4.79. The van der Waals surface area contributed by atoms with Crippen LogP contribution in [0.1, 0.15) is 42.1 Å². The Morgan fingerprint density at radius 2 is 1.47 bits per heavy atom. The lowest BCUT2D eigenvalue weighted by Gasteiger charge is -2.38. The van der Waals surface area contributed by atoms with E-state index in [2.05, 4.69) is 65.7 Å². The smallest absolute Gasteiger partial charge is 0.0522 e. The Hall–Kier alpha value is -0.860. The predicted molar refractivity (Wildman–Crippen MR) is 75.3 cm³/mol. The standard InChI is InChI=1S/C15H26N2/c1-10-8-11(2)13(12(3)9-10)14(17(6)7)15(4,5)16/h8-9,14H,16H2,1-7H3. The molecule has 17 heavy (non-hydrogen) atoms. The van der Waals surface area contributed by atoms with E-state index in [0.29, 0.717) is 0 Å². The van der Waals surface area contributed by atoms with Crippen LogP contribution in [0.2, 0.25) is 0 Å². The van der Waals surface area contributed by atoms with Crippen molar-refractivity contribution in [1.82, 2.24) is 4.90 Å². The maximum Gasteiger partial charge on any atom is 0.0522 e. The zero-order valence-corrected chi connectivity index (χ0v) is 12.3.